The van der Waals surface area contributed by atoms with Crippen molar-refractivity contribution in [3.05, 3.63) is 29.1 Å². The molecule has 82 valence electrons. The number of rotatable bonds is 3. The first-order chi connectivity index (χ1) is 6.99. The van der Waals surface area contributed by atoms with Crippen LogP contribution in [-0.4, -0.2) is 18.0 Å². The molecule has 0 aliphatic heterocycles. The highest BCUT2D eigenvalue weighted by Gasteiger charge is 2.15. The maximum atomic E-state index is 13.8. The van der Waals surface area contributed by atoms with Gasteiger partial charge in [-0.25, -0.2) is 4.39 Å². The minimum atomic E-state index is -0.532. The molecule has 0 aromatic heterocycles. The number of benzene rings is 1. The molecule has 0 fully saturated rings. The standard InChI is InChI=1S/C11H14FNO2/c1-4-8-9(7(2)14)5-6-10(11(8)12)13(3)15/h5-6,15H,4H2,1-3H3. The molecule has 0 aliphatic carbocycles. The molecule has 1 aromatic carbocycles. The van der Waals surface area contributed by atoms with Crippen LogP contribution in [0.1, 0.15) is 29.8 Å². The van der Waals surface area contributed by atoms with Gasteiger partial charge in [0.1, 0.15) is 0 Å². The topological polar surface area (TPSA) is 40.5 Å². The number of halogens is 1. The maximum Gasteiger partial charge on any atom is 0.160 e. The van der Waals surface area contributed by atoms with Gasteiger partial charge in [0, 0.05) is 18.2 Å². The van der Waals surface area contributed by atoms with Gasteiger partial charge in [-0.2, -0.15) is 0 Å². The van der Waals surface area contributed by atoms with E-state index in [2.05, 4.69) is 0 Å². The second-order valence-electron chi connectivity index (χ2n) is 3.36. The molecule has 0 aliphatic rings. The van der Waals surface area contributed by atoms with Gasteiger partial charge < -0.3 is 0 Å². The number of hydroxylamine groups is 1. The summed E-state index contributed by atoms with van der Waals surface area (Å²) in [5, 5.41) is 9.87. The highest BCUT2D eigenvalue weighted by atomic mass is 19.1. The molecule has 0 radical (unpaired) electrons. The first-order valence-corrected chi connectivity index (χ1v) is 4.74. The van der Waals surface area contributed by atoms with Crippen LogP contribution >= 0.6 is 0 Å². The van der Waals surface area contributed by atoms with Crippen LogP contribution in [-0.2, 0) is 6.42 Å². The number of ketones is 1. The molecule has 0 atom stereocenters. The molecular formula is C11H14FNO2. The van der Waals surface area contributed by atoms with Crippen LogP contribution in [0.25, 0.3) is 0 Å². The molecule has 0 unspecified atom stereocenters. The van der Waals surface area contributed by atoms with Crippen molar-refractivity contribution in [2.75, 3.05) is 12.1 Å². The lowest BCUT2D eigenvalue weighted by Gasteiger charge is -2.15. The van der Waals surface area contributed by atoms with E-state index in [1.807, 2.05) is 0 Å². The van der Waals surface area contributed by atoms with Gasteiger partial charge in [-0.3, -0.25) is 15.1 Å². The van der Waals surface area contributed by atoms with Crippen molar-refractivity contribution in [1.29, 1.82) is 0 Å². The number of carbonyl (C=O) groups is 1. The van der Waals surface area contributed by atoms with Crippen molar-refractivity contribution in [2.45, 2.75) is 20.3 Å². The summed E-state index contributed by atoms with van der Waals surface area (Å²) in [5.74, 6) is -0.701. The van der Waals surface area contributed by atoms with E-state index in [1.165, 1.54) is 26.1 Å². The Kier molecular flexibility index (Phi) is 3.42. The van der Waals surface area contributed by atoms with Gasteiger partial charge in [0.2, 0.25) is 0 Å². The van der Waals surface area contributed by atoms with E-state index in [1.54, 1.807) is 6.92 Å². The third-order valence-corrected chi connectivity index (χ3v) is 2.30. The van der Waals surface area contributed by atoms with Gasteiger partial charge in [0.15, 0.2) is 11.6 Å². The molecule has 0 bridgehead atoms. The predicted octanol–water partition coefficient (Wildman–Crippen LogP) is 2.42. The van der Waals surface area contributed by atoms with Crippen molar-refractivity contribution < 1.29 is 14.4 Å². The predicted molar refractivity (Wildman–Crippen MR) is 56.0 cm³/mol. The number of anilines is 1. The Morgan fingerprint density at radius 1 is 1.53 bits per heavy atom. The van der Waals surface area contributed by atoms with E-state index in [-0.39, 0.29) is 11.5 Å². The van der Waals surface area contributed by atoms with Crippen molar-refractivity contribution in [3.63, 3.8) is 0 Å². The quantitative estimate of drug-likeness (QED) is 0.616. The van der Waals surface area contributed by atoms with Crippen molar-refractivity contribution in [3.8, 4) is 0 Å². The third kappa shape index (κ3) is 2.15. The molecule has 0 heterocycles. The van der Waals surface area contributed by atoms with E-state index < -0.39 is 5.82 Å². The Morgan fingerprint density at radius 2 is 2.13 bits per heavy atom. The van der Waals surface area contributed by atoms with Crippen LogP contribution in [0.2, 0.25) is 0 Å². The molecule has 1 rings (SSSR count). The normalized spacial score (nSPS) is 10.2. The first kappa shape index (κ1) is 11.7. The highest BCUT2D eigenvalue weighted by Crippen LogP contribution is 2.24. The van der Waals surface area contributed by atoms with E-state index in [4.69, 9.17) is 5.21 Å². The van der Waals surface area contributed by atoms with E-state index >= 15 is 0 Å². The number of Topliss-reactive ketones (excluding diaryl/α,β-unsaturated/α-hetero) is 1. The van der Waals surface area contributed by atoms with E-state index in [0.717, 1.165) is 0 Å². The molecule has 0 spiro atoms. The summed E-state index contributed by atoms with van der Waals surface area (Å²) in [6, 6.07) is 2.93. The van der Waals surface area contributed by atoms with Crippen molar-refractivity contribution in [1.82, 2.24) is 0 Å². The summed E-state index contributed by atoms with van der Waals surface area (Å²) in [6.45, 7) is 3.17. The summed E-state index contributed by atoms with van der Waals surface area (Å²) >= 11 is 0. The Labute approximate surface area is 88.1 Å². The zero-order valence-electron chi connectivity index (χ0n) is 9.04. The molecule has 0 saturated heterocycles. The van der Waals surface area contributed by atoms with Gasteiger partial charge >= 0.3 is 0 Å². The van der Waals surface area contributed by atoms with E-state index in [0.29, 0.717) is 22.6 Å². The van der Waals surface area contributed by atoms with Crippen LogP contribution in [0.5, 0.6) is 0 Å². The first-order valence-electron chi connectivity index (χ1n) is 4.74. The smallest absolute Gasteiger partial charge is 0.160 e. The van der Waals surface area contributed by atoms with Crippen LogP contribution in [0.4, 0.5) is 10.1 Å². The number of nitrogens with zero attached hydrogens (tertiary/aromatic N) is 1. The van der Waals surface area contributed by atoms with Crippen LogP contribution in [0.15, 0.2) is 12.1 Å². The van der Waals surface area contributed by atoms with Gasteiger partial charge in [-0.1, -0.05) is 6.92 Å². The minimum absolute atomic E-state index is 0.0804. The minimum Gasteiger partial charge on any atom is -0.294 e. The number of hydrogen-bond donors (Lipinski definition) is 1. The molecule has 1 N–H and O–H groups in total. The molecule has 0 saturated carbocycles. The van der Waals surface area contributed by atoms with Crippen molar-refractivity contribution >= 4 is 11.5 Å². The summed E-state index contributed by atoms with van der Waals surface area (Å²) in [6.07, 6.45) is 0.419. The fraction of sp³-hybridized carbons (Fsp3) is 0.364. The van der Waals surface area contributed by atoms with Crippen LogP contribution in [0, 0.1) is 5.82 Å². The fourth-order valence-electron chi connectivity index (χ4n) is 1.53. The van der Waals surface area contributed by atoms with Gasteiger partial charge in [-0.15, -0.1) is 0 Å². The Bertz CT molecular complexity index is 388. The van der Waals surface area contributed by atoms with Gasteiger partial charge in [0.05, 0.1) is 5.69 Å². The lowest BCUT2D eigenvalue weighted by atomic mass is 10.0. The largest absolute Gasteiger partial charge is 0.294 e. The van der Waals surface area contributed by atoms with Gasteiger partial charge in [-0.05, 0) is 25.5 Å². The van der Waals surface area contributed by atoms with E-state index in [9.17, 15) is 9.18 Å². The highest BCUT2D eigenvalue weighted by molar-refractivity contribution is 5.96. The SMILES string of the molecule is CCc1c(C(C)=O)ccc(N(C)O)c1F. The fourth-order valence-corrected chi connectivity index (χ4v) is 1.53. The zero-order valence-corrected chi connectivity index (χ0v) is 9.04. The summed E-state index contributed by atoms with van der Waals surface area (Å²) in [7, 11) is 1.34. The van der Waals surface area contributed by atoms with Crippen molar-refractivity contribution in [2.24, 2.45) is 0 Å². The van der Waals surface area contributed by atoms with Gasteiger partial charge in [0.25, 0.3) is 0 Å². The summed E-state index contributed by atoms with van der Waals surface area (Å²) in [5.41, 5.74) is 0.804. The number of hydrogen-bond acceptors (Lipinski definition) is 3. The molecule has 15 heavy (non-hydrogen) atoms. The lowest BCUT2D eigenvalue weighted by Crippen LogP contribution is -2.14. The van der Waals surface area contributed by atoms with Crippen LogP contribution < -0.4 is 5.06 Å². The Balaban J connectivity index is 3.39. The molecule has 1 aromatic rings. The average Bonchev–Trinajstić information content (AvgIpc) is 2.16. The summed E-state index contributed by atoms with van der Waals surface area (Å²) in [4.78, 5) is 11.2. The lowest BCUT2D eigenvalue weighted by molar-refractivity contribution is 0.101. The molecule has 4 heteroatoms. The second-order valence-corrected chi connectivity index (χ2v) is 3.36. The molecular weight excluding hydrogens is 197 g/mol. The molecule has 0 amide bonds. The third-order valence-electron chi connectivity index (χ3n) is 2.30. The Morgan fingerprint density at radius 3 is 2.53 bits per heavy atom. The molecule has 3 nitrogen and oxygen atoms in total. The average molecular weight is 211 g/mol. The van der Waals surface area contributed by atoms with Crippen LogP contribution in [0.3, 0.4) is 0 Å². The maximum absolute atomic E-state index is 13.8. The number of carbonyl (C=O) groups excluding carboxylic acids is 1. The second kappa shape index (κ2) is 4.40. The zero-order chi connectivity index (χ0) is 11.6. The summed E-state index contributed by atoms with van der Waals surface area (Å²) < 4.78 is 13.8. The monoisotopic (exact) mass is 211 g/mol. The Hall–Kier alpha value is -1.42.